The minimum Gasteiger partial charge on any atom is -0.497 e. The first-order chi connectivity index (χ1) is 9.85. The van der Waals surface area contributed by atoms with Gasteiger partial charge in [0, 0.05) is 11.0 Å². The van der Waals surface area contributed by atoms with E-state index in [2.05, 4.69) is 30.7 Å². The highest BCUT2D eigenvalue weighted by molar-refractivity contribution is 7.71. The third-order valence-corrected chi connectivity index (χ3v) is 3.36. The normalized spacial score (nSPS) is 11.3. The molecule has 1 heterocycles. The maximum absolute atomic E-state index is 5.43. The van der Waals surface area contributed by atoms with Gasteiger partial charge in [0.1, 0.15) is 22.0 Å². The SMILES string of the molecule is COc1ccc(OC)c(-c2cc(=S)nc(C(C)(C)C)[nH]2)c1. The van der Waals surface area contributed by atoms with Crippen molar-refractivity contribution in [3.05, 3.63) is 34.7 Å². The van der Waals surface area contributed by atoms with E-state index in [1.165, 1.54) is 0 Å². The van der Waals surface area contributed by atoms with E-state index in [0.29, 0.717) is 4.64 Å². The molecule has 4 nitrogen and oxygen atoms in total. The van der Waals surface area contributed by atoms with E-state index in [4.69, 9.17) is 21.7 Å². The molecular weight excluding hydrogens is 284 g/mol. The summed E-state index contributed by atoms with van der Waals surface area (Å²) in [6.07, 6.45) is 0. The molecule has 2 aromatic rings. The molecule has 0 bridgehead atoms. The molecule has 0 unspecified atom stereocenters. The van der Waals surface area contributed by atoms with Crippen molar-refractivity contribution in [1.29, 1.82) is 0 Å². The number of nitrogens with one attached hydrogen (secondary N) is 1. The third kappa shape index (κ3) is 3.42. The van der Waals surface area contributed by atoms with Gasteiger partial charge < -0.3 is 14.5 Å². The first kappa shape index (κ1) is 15.5. The van der Waals surface area contributed by atoms with Crippen LogP contribution in [0.2, 0.25) is 0 Å². The van der Waals surface area contributed by atoms with Gasteiger partial charge in [-0.3, -0.25) is 0 Å². The predicted molar refractivity (Wildman–Crippen MR) is 86.7 cm³/mol. The number of ether oxygens (including phenoxy) is 2. The standard InChI is InChI=1S/C16H20N2O2S/c1-16(2,3)15-17-12(9-14(21)18-15)11-8-10(19-4)6-7-13(11)20-5/h6-9H,1-5H3,(H,17,18,21). The molecule has 0 saturated carbocycles. The predicted octanol–water partition coefficient (Wildman–Crippen LogP) is 4.12. The van der Waals surface area contributed by atoms with E-state index in [-0.39, 0.29) is 5.41 Å². The van der Waals surface area contributed by atoms with E-state index in [0.717, 1.165) is 28.6 Å². The fourth-order valence-corrected chi connectivity index (χ4v) is 2.19. The first-order valence-electron chi connectivity index (χ1n) is 6.69. The average molecular weight is 304 g/mol. The Balaban J connectivity index is 2.66. The van der Waals surface area contributed by atoms with Crippen molar-refractivity contribution in [2.75, 3.05) is 14.2 Å². The van der Waals surface area contributed by atoms with Crippen molar-refractivity contribution >= 4 is 12.2 Å². The molecule has 0 atom stereocenters. The summed E-state index contributed by atoms with van der Waals surface area (Å²) in [5, 5.41) is 0. The number of hydrogen-bond donors (Lipinski definition) is 1. The maximum atomic E-state index is 5.43. The average Bonchev–Trinajstić information content (AvgIpc) is 2.45. The van der Waals surface area contributed by atoms with Gasteiger partial charge in [-0.05, 0) is 24.3 Å². The van der Waals surface area contributed by atoms with Crippen LogP contribution in [0.1, 0.15) is 26.6 Å². The molecule has 1 N–H and O–H groups in total. The van der Waals surface area contributed by atoms with Gasteiger partial charge in [0.2, 0.25) is 0 Å². The zero-order chi connectivity index (χ0) is 15.6. The molecule has 0 fully saturated rings. The van der Waals surface area contributed by atoms with Crippen LogP contribution in [0.15, 0.2) is 24.3 Å². The summed E-state index contributed by atoms with van der Waals surface area (Å²) in [7, 11) is 3.28. The molecule has 0 aliphatic heterocycles. The largest absolute Gasteiger partial charge is 0.497 e. The second kappa shape index (κ2) is 5.85. The Morgan fingerprint density at radius 1 is 1.10 bits per heavy atom. The number of hydrogen-bond acceptors (Lipinski definition) is 4. The highest BCUT2D eigenvalue weighted by Crippen LogP contribution is 2.33. The number of benzene rings is 1. The molecule has 5 heteroatoms. The quantitative estimate of drug-likeness (QED) is 0.866. The molecule has 2 rings (SSSR count). The number of nitrogens with zero attached hydrogens (tertiary/aromatic N) is 1. The second-order valence-electron chi connectivity index (χ2n) is 5.80. The van der Waals surface area contributed by atoms with Crippen molar-refractivity contribution in [3.8, 4) is 22.8 Å². The van der Waals surface area contributed by atoms with Crippen LogP contribution in [0.5, 0.6) is 11.5 Å². The third-order valence-electron chi connectivity index (χ3n) is 3.15. The lowest BCUT2D eigenvalue weighted by atomic mass is 9.95. The Morgan fingerprint density at radius 3 is 2.38 bits per heavy atom. The van der Waals surface area contributed by atoms with Crippen LogP contribution in [0.25, 0.3) is 11.3 Å². The lowest BCUT2D eigenvalue weighted by molar-refractivity contribution is 0.404. The number of rotatable bonds is 3. The summed E-state index contributed by atoms with van der Waals surface area (Å²) in [5.74, 6) is 2.36. The Morgan fingerprint density at radius 2 is 1.81 bits per heavy atom. The molecule has 112 valence electrons. The molecular formula is C16H20N2O2S. The molecule has 1 aromatic carbocycles. The summed E-state index contributed by atoms with van der Waals surface area (Å²) >= 11 is 5.29. The molecule has 1 aromatic heterocycles. The Bertz CT molecular complexity index is 702. The zero-order valence-electron chi connectivity index (χ0n) is 13.0. The molecule has 0 aliphatic carbocycles. The van der Waals surface area contributed by atoms with Crippen LogP contribution in [0.3, 0.4) is 0 Å². The summed E-state index contributed by atoms with van der Waals surface area (Å²) < 4.78 is 11.3. The molecule has 0 radical (unpaired) electrons. The zero-order valence-corrected chi connectivity index (χ0v) is 13.8. The van der Waals surface area contributed by atoms with Crippen molar-refractivity contribution in [2.45, 2.75) is 26.2 Å². The topological polar surface area (TPSA) is 47.1 Å². The van der Waals surface area contributed by atoms with E-state index >= 15 is 0 Å². The van der Waals surface area contributed by atoms with Gasteiger partial charge in [0.15, 0.2) is 0 Å². The van der Waals surface area contributed by atoms with Gasteiger partial charge >= 0.3 is 0 Å². The number of aromatic amines is 1. The lowest BCUT2D eigenvalue weighted by Crippen LogP contribution is -2.16. The van der Waals surface area contributed by atoms with E-state index < -0.39 is 0 Å². The monoisotopic (exact) mass is 304 g/mol. The Labute approximate surface area is 130 Å². The summed E-state index contributed by atoms with van der Waals surface area (Å²) in [6.45, 7) is 6.27. The first-order valence-corrected chi connectivity index (χ1v) is 7.10. The highest BCUT2D eigenvalue weighted by atomic mass is 32.1. The van der Waals surface area contributed by atoms with E-state index in [9.17, 15) is 0 Å². The molecule has 0 saturated heterocycles. The summed E-state index contributed by atoms with van der Waals surface area (Å²) in [6, 6.07) is 7.50. The molecule has 0 amide bonds. The smallest absolute Gasteiger partial charge is 0.130 e. The second-order valence-corrected chi connectivity index (χ2v) is 6.22. The van der Waals surface area contributed by atoms with Crippen LogP contribution >= 0.6 is 12.2 Å². The van der Waals surface area contributed by atoms with Gasteiger partial charge in [-0.25, -0.2) is 4.98 Å². The minimum atomic E-state index is -0.115. The van der Waals surface area contributed by atoms with E-state index in [1.807, 2.05) is 24.3 Å². The van der Waals surface area contributed by atoms with Gasteiger partial charge in [0.05, 0.1) is 19.9 Å². The van der Waals surface area contributed by atoms with Crippen LogP contribution in [-0.2, 0) is 5.41 Å². The maximum Gasteiger partial charge on any atom is 0.130 e. The van der Waals surface area contributed by atoms with Crippen molar-refractivity contribution in [1.82, 2.24) is 9.97 Å². The van der Waals surface area contributed by atoms with Gasteiger partial charge in [-0.15, -0.1) is 0 Å². The van der Waals surface area contributed by atoms with Gasteiger partial charge in [-0.1, -0.05) is 33.0 Å². The number of methoxy groups -OCH3 is 2. The van der Waals surface area contributed by atoms with Gasteiger partial charge in [0.25, 0.3) is 0 Å². The molecule has 0 spiro atoms. The highest BCUT2D eigenvalue weighted by Gasteiger charge is 2.18. The van der Waals surface area contributed by atoms with E-state index in [1.54, 1.807) is 14.2 Å². The summed E-state index contributed by atoms with van der Waals surface area (Å²) in [4.78, 5) is 7.77. The van der Waals surface area contributed by atoms with Crippen molar-refractivity contribution in [2.24, 2.45) is 0 Å². The van der Waals surface area contributed by atoms with Crippen LogP contribution in [-0.4, -0.2) is 24.2 Å². The van der Waals surface area contributed by atoms with Gasteiger partial charge in [-0.2, -0.15) is 0 Å². The minimum absolute atomic E-state index is 0.115. The van der Waals surface area contributed by atoms with Crippen LogP contribution < -0.4 is 9.47 Å². The van der Waals surface area contributed by atoms with Crippen LogP contribution in [0.4, 0.5) is 0 Å². The summed E-state index contributed by atoms with van der Waals surface area (Å²) in [5.41, 5.74) is 1.65. The fraction of sp³-hybridized carbons (Fsp3) is 0.375. The number of H-pyrrole nitrogens is 1. The van der Waals surface area contributed by atoms with Crippen molar-refractivity contribution < 1.29 is 9.47 Å². The Kier molecular flexibility index (Phi) is 4.32. The van der Waals surface area contributed by atoms with Crippen LogP contribution in [0, 0.1) is 4.64 Å². The van der Waals surface area contributed by atoms with Crippen molar-refractivity contribution in [3.63, 3.8) is 0 Å². The number of aromatic nitrogens is 2. The Hall–Kier alpha value is -1.88. The molecule has 0 aliphatic rings. The fourth-order valence-electron chi connectivity index (χ4n) is 1.98. The lowest BCUT2D eigenvalue weighted by Gasteiger charge is -2.19. The molecule has 21 heavy (non-hydrogen) atoms.